The third-order valence-electron chi connectivity index (χ3n) is 2.69. The summed E-state index contributed by atoms with van der Waals surface area (Å²) in [6.07, 6.45) is 0. The molecule has 3 aromatic rings. The van der Waals surface area contributed by atoms with Gasteiger partial charge in [0.25, 0.3) is 5.56 Å². The molecule has 0 atom stereocenters. The molecule has 3 rings (SSSR count). The lowest BCUT2D eigenvalue weighted by Gasteiger charge is -2.02. The van der Waals surface area contributed by atoms with Gasteiger partial charge in [0, 0.05) is 6.07 Å². The molecule has 6 heteroatoms. The third kappa shape index (κ3) is 2.03. The molecule has 0 unspecified atom stereocenters. The lowest BCUT2D eigenvalue weighted by atomic mass is 10.2. The van der Waals surface area contributed by atoms with Crippen LogP contribution in [0.4, 0.5) is 4.39 Å². The van der Waals surface area contributed by atoms with Crippen molar-refractivity contribution in [3.05, 3.63) is 62.9 Å². The van der Waals surface area contributed by atoms with Crippen LogP contribution >= 0.6 is 0 Å². The highest BCUT2D eigenvalue weighted by molar-refractivity contribution is 5.79. The largest absolute Gasteiger partial charge is 0.319 e. The molecule has 2 heterocycles. The Morgan fingerprint density at radius 3 is 2.68 bits per heavy atom. The van der Waals surface area contributed by atoms with Crippen LogP contribution in [0, 0.1) is 5.82 Å². The first-order valence-corrected chi connectivity index (χ1v) is 5.53. The fourth-order valence-corrected chi connectivity index (χ4v) is 1.82. The van der Waals surface area contributed by atoms with Gasteiger partial charge in [-0.25, -0.2) is 9.37 Å². The summed E-state index contributed by atoms with van der Waals surface area (Å²) in [6.45, 7) is 0. The van der Waals surface area contributed by atoms with E-state index in [1.165, 1.54) is 18.2 Å². The Bertz CT molecular complexity index is 883. The van der Waals surface area contributed by atoms with Gasteiger partial charge in [0.1, 0.15) is 5.82 Å². The zero-order valence-corrected chi connectivity index (χ0v) is 9.61. The molecule has 0 radical (unpaired) electrons. The third-order valence-corrected chi connectivity index (χ3v) is 2.69. The molecule has 0 bridgehead atoms. The van der Waals surface area contributed by atoms with Gasteiger partial charge in [0.15, 0.2) is 5.82 Å². The number of H-pyrrole nitrogens is 2. The summed E-state index contributed by atoms with van der Waals surface area (Å²) in [7, 11) is 0. The number of nitrogens with one attached hydrogen (secondary N) is 2. The summed E-state index contributed by atoms with van der Waals surface area (Å²) in [6, 6.07) is 8.31. The van der Waals surface area contributed by atoms with E-state index < -0.39 is 11.4 Å². The van der Waals surface area contributed by atoms with Crippen LogP contribution < -0.4 is 11.1 Å². The molecule has 94 valence electrons. The van der Waals surface area contributed by atoms with Crippen LogP contribution in [-0.2, 0) is 0 Å². The second-order valence-electron chi connectivity index (χ2n) is 4.00. The lowest BCUT2D eigenvalue weighted by Crippen LogP contribution is -2.12. The number of fused-ring (bicyclic) bond motifs is 1. The highest BCUT2D eigenvalue weighted by atomic mass is 19.1. The molecule has 19 heavy (non-hydrogen) atoms. The molecule has 0 saturated carbocycles. The van der Waals surface area contributed by atoms with Crippen LogP contribution in [0.2, 0.25) is 0 Å². The Morgan fingerprint density at radius 1 is 1.05 bits per heavy atom. The fraction of sp³-hybridized carbons (Fsp3) is 0. The number of aromatic nitrogens is 3. The van der Waals surface area contributed by atoms with Crippen LogP contribution in [0.15, 0.2) is 46.0 Å². The first kappa shape index (κ1) is 11.3. The van der Waals surface area contributed by atoms with Crippen molar-refractivity contribution < 1.29 is 4.39 Å². The van der Waals surface area contributed by atoms with Gasteiger partial charge in [0.2, 0.25) is 5.56 Å². The molecule has 0 aliphatic rings. The van der Waals surface area contributed by atoms with Gasteiger partial charge in [-0.2, -0.15) is 0 Å². The predicted molar refractivity (Wildman–Crippen MR) is 68.4 cm³/mol. The van der Waals surface area contributed by atoms with E-state index in [1.807, 2.05) is 0 Å². The molecular weight excluding hydrogens is 249 g/mol. The van der Waals surface area contributed by atoms with E-state index in [-0.39, 0.29) is 16.8 Å². The average molecular weight is 257 g/mol. The van der Waals surface area contributed by atoms with Gasteiger partial charge in [-0.05, 0) is 24.3 Å². The van der Waals surface area contributed by atoms with E-state index in [2.05, 4.69) is 15.0 Å². The van der Waals surface area contributed by atoms with Crippen molar-refractivity contribution in [3.8, 4) is 11.5 Å². The van der Waals surface area contributed by atoms with Gasteiger partial charge in [-0.3, -0.25) is 9.59 Å². The fourth-order valence-electron chi connectivity index (χ4n) is 1.82. The van der Waals surface area contributed by atoms with Crippen LogP contribution in [0.1, 0.15) is 0 Å². The van der Waals surface area contributed by atoms with Crippen molar-refractivity contribution in [1.82, 2.24) is 15.0 Å². The first-order valence-electron chi connectivity index (χ1n) is 5.53. The maximum absolute atomic E-state index is 13.1. The molecule has 0 fully saturated rings. The number of pyridine rings is 1. The number of hydrogen-bond donors (Lipinski definition) is 2. The van der Waals surface area contributed by atoms with E-state index >= 15 is 0 Å². The van der Waals surface area contributed by atoms with Crippen molar-refractivity contribution in [3.63, 3.8) is 0 Å². The molecule has 0 saturated heterocycles. The zero-order valence-electron chi connectivity index (χ0n) is 9.61. The quantitative estimate of drug-likeness (QED) is 0.692. The van der Waals surface area contributed by atoms with Crippen molar-refractivity contribution >= 4 is 10.9 Å². The maximum atomic E-state index is 13.1. The number of hydrogen-bond acceptors (Lipinski definition) is 3. The SMILES string of the molecule is O=c1cccc(-c2nc3ccc(F)cc3c(=O)[nH]2)[nH]1. The first-order chi connectivity index (χ1) is 9.13. The molecule has 2 aromatic heterocycles. The molecule has 5 nitrogen and oxygen atoms in total. The van der Waals surface area contributed by atoms with Crippen molar-refractivity contribution in [2.24, 2.45) is 0 Å². The Kier molecular flexibility index (Phi) is 2.49. The molecule has 2 N–H and O–H groups in total. The molecule has 0 aliphatic heterocycles. The second kappa shape index (κ2) is 4.16. The Hall–Kier alpha value is -2.76. The zero-order chi connectivity index (χ0) is 13.4. The smallest absolute Gasteiger partial charge is 0.259 e. The van der Waals surface area contributed by atoms with Crippen molar-refractivity contribution in [1.29, 1.82) is 0 Å². The monoisotopic (exact) mass is 257 g/mol. The molecule has 1 aromatic carbocycles. The minimum absolute atomic E-state index is 0.169. The Labute approximate surface area is 105 Å². The summed E-state index contributed by atoms with van der Waals surface area (Å²) in [4.78, 5) is 32.4. The highest BCUT2D eigenvalue weighted by Gasteiger charge is 2.07. The summed E-state index contributed by atoms with van der Waals surface area (Å²) in [5.74, 6) is -0.262. The van der Waals surface area contributed by atoms with E-state index in [1.54, 1.807) is 12.1 Å². The standard InChI is InChI=1S/C13H8FN3O2/c14-7-4-5-9-8(6-7)13(19)17-12(16-9)10-2-1-3-11(18)15-10/h1-6H,(H,15,18)(H,16,17,19). The topological polar surface area (TPSA) is 78.6 Å². The van der Waals surface area contributed by atoms with Crippen LogP contribution in [0.5, 0.6) is 0 Å². The number of aromatic amines is 2. The maximum Gasteiger partial charge on any atom is 0.259 e. The summed E-state index contributed by atoms with van der Waals surface area (Å²) in [5.41, 5.74) is 0.0178. The molecule has 0 amide bonds. The second-order valence-corrected chi connectivity index (χ2v) is 4.00. The van der Waals surface area contributed by atoms with Gasteiger partial charge in [-0.1, -0.05) is 6.07 Å². The Morgan fingerprint density at radius 2 is 1.89 bits per heavy atom. The van der Waals surface area contributed by atoms with E-state index in [9.17, 15) is 14.0 Å². The summed E-state index contributed by atoms with van der Waals surface area (Å²) in [5, 5.41) is 0.169. The van der Waals surface area contributed by atoms with Gasteiger partial charge in [0.05, 0.1) is 16.6 Å². The van der Waals surface area contributed by atoms with Gasteiger partial charge >= 0.3 is 0 Å². The van der Waals surface area contributed by atoms with Crippen LogP contribution in [-0.4, -0.2) is 15.0 Å². The van der Waals surface area contributed by atoms with Crippen LogP contribution in [0.25, 0.3) is 22.4 Å². The van der Waals surface area contributed by atoms with Gasteiger partial charge < -0.3 is 9.97 Å². The van der Waals surface area contributed by atoms with E-state index in [4.69, 9.17) is 0 Å². The number of rotatable bonds is 1. The Balaban J connectivity index is 2.30. The summed E-state index contributed by atoms with van der Waals surface area (Å²) >= 11 is 0. The number of benzene rings is 1. The highest BCUT2D eigenvalue weighted by Crippen LogP contribution is 2.13. The normalized spacial score (nSPS) is 10.8. The average Bonchev–Trinajstić information content (AvgIpc) is 2.39. The minimum atomic E-state index is -0.499. The van der Waals surface area contributed by atoms with E-state index in [0.717, 1.165) is 6.07 Å². The summed E-state index contributed by atoms with van der Waals surface area (Å²) < 4.78 is 13.1. The van der Waals surface area contributed by atoms with Crippen molar-refractivity contribution in [2.75, 3.05) is 0 Å². The number of halogens is 1. The molecule has 0 spiro atoms. The minimum Gasteiger partial charge on any atom is -0.319 e. The number of nitrogens with zero attached hydrogens (tertiary/aromatic N) is 1. The predicted octanol–water partition coefficient (Wildman–Crippen LogP) is 1.42. The molecular formula is C13H8FN3O2. The van der Waals surface area contributed by atoms with Gasteiger partial charge in [-0.15, -0.1) is 0 Å². The van der Waals surface area contributed by atoms with Crippen molar-refractivity contribution in [2.45, 2.75) is 0 Å². The van der Waals surface area contributed by atoms with Crippen LogP contribution in [0.3, 0.4) is 0 Å². The lowest BCUT2D eigenvalue weighted by molar-refractivity contribution is 0.629. The van der Waals surface area contributed by atoms with E-state index in [0.29, 0.717) is 11.2 Å². The molecule has 0 aliphatic carbocycles.